The fraction of sp³-hybridized carbons (Fsp3) is 0.111. The molecule has 3 heteroatoms. The highest BCUT2D eigenvalue weighted by Crippen LogP contribution is 2.31. The number of nitrogens with zero attached hydrogens (tertiary/aromatic N) is 2. The number of aryl methyl sites for hydroxylation is 1. The predicted molar refractivity (Wildman–Crippen MR) is 84.2 cm³/mol. The zero-order valence-electron chi connectivity index (χ0n) is 12.1. The Kier molecular flexibility index (Phi) is 3.65. The van der Waals surface area contributed by atoms with Crippen molar-refractivity contribution in [3.63, 3.8) is 0 Å². The van der Waals surface area contributed by atoms with Crippen LogP contribution in [0.15, 0.2) is 60.9 Å². The molecule has 0 aliphatic rings. The van der Waals surface area contributed by atoms with E-state index in [0.717, 1.165) is 28.3 Å². The van der Waals surface area contributed by atoms with Gasteiger partial charge in [-0.15, -0.1) is 0 Å². The van der Waals surface area contributed by atoms with Gasteiger partial charge in [-0.1, -0.05) is 29.8 Å². The predicted octanol–water partition coefficient (Wildman–Crippen LogP) is 4.13. The third-order valence-electron chi connectivity index (χ3n) is 3.38. The summed E-state index contributed by atoms with van der Waals surface area (Å²) in [6.07, 6.45) is 3.53. The van der Waals surface area contributed by atoms with Gasteiger partial charge in [0.25, 0.3) is 0 Å². The number of rotatable bonds is 3. The number of hydrogen-bond donors (Lipinski definition) is 0. The molecule has 0 saturated carbocycles. The molecule has 0 bridgehead atoms. The van der Waals surface area contributed by atoms with E-state index in [1.807, 2.05) is 18.2 Å². The molecule has 0 radical (unpaired) electrons. The Morgan fingerprint density at radius 2 is 1.57 bits per heavy atom. The summed E-state index contributed by atoms with van der Waals surface area (Å²) in [6, 6.07) is 16.2. The molecule has 0 unspecified atom stereocenters. The molecular formula is C18H16N2O. The summed E-state index contributed by atoms with van der Waals surface area (Å²) >= 11 is 0. The van der Waals surface area contributed by atoms with Crippen LogP contribution in [0.4, 0.5) is 0 Å². The third-order valence-corrected chi connectivity index (χ3v) is 3.38. The van der Waals surface area contributed by atoms with Crippen LogP contribution in [0.25, 0.3) is 22.5 Å². The summed E-state index contributed by atoms with van der Waals surface area (Å²) in [5.41, 5.74) is 4.48. The van der Waals surface area contributed by atoms with E-state index in [1.165, 1.54) is 5.56 Å². The van der Waals surface area contributed by atoms with Gasteiger partial charge in [-0.3, -0.25) is 0 Å². The number of benzene rings is 2. The van der Waals surface area contributed by atoms with Crippen LogP contribution in [-0.2, 0) is 0 Å². The molecule has 0 aliphatic heterocycles. The normalized spacial score (nSPS) is 10.4. The highest BCUT2D eigenvalue weighted by atomic mass is 16.5. The molecule has 1 heterocycles. The van der Waals surface area contributed by atoms with Crippen LogP contribution in [-0.4, -0.2) is 17.1 Å². The monoisotopic (exact) mass is 276 g/mol. The van der Waals surface area contributed by atoms with Crippen molar-refractivity contribution in [3.8, 4) is 28.3 Å². The van der Waals surface area contributed by atoms with E-state index in [2.05, 4.69) is 47.2 Å². The average Bonchev–Trinajstić information content (AvgIpc) is 2.56. The lowest BCUT2D eigenvalue weighted by Crippen LogP contribution is -1.92. The second-order valence-corrected chi connectivity index (χ2v) is 4.85. The summed E-state index contributed by atoms with van der Waals surface area (Å²) < 4.78 is 5.21. The molecule has 3 aromatic rings. The topological polar surface area (TPSA) is 35.0 Å². The van der Waals surface area contributed by atoms with Gasteiger partial charge in [0.15, 0.2) is 5.82 Å². The lowest BCUT2D eigenvalue weighted by molar-refractivity contribution is 0.415. The van der Waals surface area contributed by atoms with Crippen molar-refractivity contribution in [1.82, 2.24) is 9.97 Å². The van der Waals surface area contributed by atoms with Crippen molar-refractivity contribution >= 4 is 0 Å². The minimum absolute atomic E-state index is 0.743. The van der Waals surface area contributed by atoms with Gasteiger partial charge in [-0.05, 0) is 42.3 Å². The molecule has 0 atom stereocenters. The number of methoxy groups -OCH3 is 1. The maximum atomic E-state index is 5.21. The van der Waals surface area contributed by atoms with E-state index in [4.69, 9.17) is 4.74 Å². The molecule has 104 valence electrons. The van der Waals surface area contributed by atoms with E-state index in [0.29, 0.717) is 0 Å². The first-order valence-corrected chi connectivity index (χ1v) is 6.80. The molecule has 1 aromatic heterocycles. The smallest absolute Gasteiger partial charge is 0.159 e. The van der Waals surface area contributed by atoms with Crippen LogP contribution in [0.1, 0.15) is 5.56 Å². The van der Waals surface area contributed by atoms with Gasteiger partial charge in [0, 0.05) is 18.0 Å². The van der Waals surface area contributed by atoms with E-state index >= 15 is 0 Å². The number of ether oxygens (including phenoxy) is 1. The fourth-order valence-electron chi connectivity index (χ4n) is 2.30. The molecule has 0 N–H and O–H groups in total. The summed E-state index contributed by atoms with van der Waals surface area (Å²) in [5.74, 6) is 1.59. The highest BCUT2D eigenvalue weighted by Gasteiger charge is 2.10. The molecule has 0 spiro atoms. The van der Waals surface area contributed by atoms with Crippen molar-refractivity contribution < 1.29 is 4.74 Å². The Morgan fingerprint density at radius 1 is 0.857 bits per heavy atom. The summed E-state index contributed by atoms with van der Waals surface area (Å²) in [5, 5.41) is 0. The van der Waals surface area contributed by atoms with Crippen molar-refractivity contribution in [3.05, 3.63) is 66.5 Å². The zero-order valence-corrected chi connectivity index (χ0v) is 12.1. The number of hydrogen-bond acceptors (Lipinski definition) is 3. The first-order valence-electron chi connectivity index (χ1n) is 6.80. The second-order valence-electron chi connectivity index (χ2n) is 4.85. The summed E-state index contributed by atoms with van der Waals surface area (Å²) in [7, 11) is 1.67. The van der Waals surface area contributed by atoms with Gasteiger partial charge in [0.05, 0.1) is 7.11 Å². The van der Waals surface area contributed by atoms with Gasteiger partial charge in [-0.2, -0.15) is 0 Å². The van der Waals surface area contributed by atoms with Gasteiger partial charge >= 0.3 is 0 Å². The van der Waals surface area contributed by atoms with Crippen LogP contribution in [0.3, 0.4) is 0 Å². The third kappa shape index (κ3) is 2.77. The minimum atomic E-state index is 0.743. The fourth-order valence-corrected chi connectivity index (χ4v) is 2.30. The van der Waals surface area contributed by atoms with E-state index in [-0.39, 0.29) is 0 Å². The maximum absolute atomic E-state index is 5.21. The minimum Gasteiger partial charge on any atom is -0.497 e. The van der Waals surface area contributed by atoms with E-state index in [9.17, 15) is 0 Å². The summed E-state index contributed by atoms with van der Waals surface area (Å²) in [4.78, 5) is 8.75. The quantitative estimate of drug-likeness (QED) is 0.721. The van der Waals surface area contributed by atoms with Crippen LogP contribution >= 0.6 is 0 Å². The van der Waals surface area contributed by atoms with E-state index in [1.54, 1.807) is 19.5 Å². The standard InChI is InChI=1S/C18H16N2O/c1-13-4-9-16(14-5-7-15(21-2)8-6-14)17(12-13)18-19-10-3-11-20-18/h3-12H,1-2H3. The lowest BCUT2D eigenvalue weighted by atomic mass is 9.97. The molecule has 3 nitrogen and oxygen atoms in total. The van der Waals surface area contributed by atoms with Gasteiger partial charge in [-0.25, -0.2) is 9.97 Å². The largest absolute Gasteiger partial charge is 0.497 e. The van der Waals surface area contributed by atoms with Crippen LogP contribution < -0.4 is 4.74 Å². The molecule has 21 heavy (non-hydrogen) atoms. The van der Waals surface area contributed by atoms with Crippen molar-refractivity contribution in [2.75, 3.05) is 7.11 Å². The molecule has 0 fully saturated rings. The Bertz CT molecular complexity index is 737. The first-order chi connectivity index (χ1) is 10.3. The molecule has 0 aliphatic carbocycles. The first kappa shape index (κ1) is 13.3. The van der Waals surface area contributed by atoms with Crippen molar-refractivity contribution in [1.29, 1.82) is 0 Å². The van der Waals surface area contributed by atoms with Crippen LogP contribution in [0, 0.1) is 6.92 Å². The maximum Gasteiger partial charge on any atom is 0.159 e. The molecule has 2 aromatic carbocycles. The molecule has 0 amide bonds. The molecular weight excluding hydrogens is 260 g/mol. The average molecular weight is 276 g/mol. The molecule has 0 saturated heterocycles. The Labute approximate surface area is 124 Å². The SMILES string of the molecule is COc1ccc(-c2ccc(C)cc2-c2ncccn2)cc1. The van der Waals surface area contributed by atoms with Crippen LogP contribution in [0.2, 0.25) is 0 Å². The lowest BCUT2D eigenvalue weighted by Gasteiger charge is -2.10. The van der Waals surface area contributed by atoms with Crippen molar-refractivity contribution in [2.24, 2.45) is 0 Å². The summed E-state index contributed by atoms with van der Waals surface area (Å²) in [6.45, 7) is 2.07. The van der Waals surface area contributed by atoms with Gasteiger partial charge in [0.2, 0.25) is 0 Å². The zero-order chi connectivity index (χ0) is 14.7. The second kappa shape index (κ2) is 5.75. The van der Waals surface area contributed by atoms with Crippen molar-refractivity contribution in [2.45, 2.75) is 6.92 Å². The Hall–Kier alpha value is -2.68. The number of aromatic nitrogens is 2. The Balaban J connectivity index is 2.13. The Morgan fingerprint density at radius 3 is 2.24 bits per heavy atom. The molecule has 3 rings (SSSR count). The van der Waals surface area contributed by atoms with Crippen LogP contribution in [0.5, 0.6) is 5.75 Å². The van der Waals surface area contributed by atoms with Gasteiger partial charge < -0.3 is 4.74 Å². The van der Waals surface area contributed by atoms with E-state index < -0.39 is 0 Å². The van der Waals surface area contributed by atoms with Gasteiger partial charge in [0.1, 0.15) is 5.75 Å². The highest BCUT2D eigenvalue weighted by molar-refractivity contribution is 5.81.